The van der Waals surface area contributed by atoms with E-state index in [4.69, 9.17) is 4.55 Å². The molecule has 0 saturated carbocycles. The zero-order valence-corrected chi connectivity index (χ0v) is 7.08. The Balaban J connectivity index is 0.00000144. The number of hydrogen-bond acceptors (Lipinski definition) is 2. The van der Waals surface area contributed by atoms with E-state index in [0.717, 1.165) is 5.56 Å². The van der Waals surface area contributed by atoms with Crippen LogP contribution in [-0.4, -0.2) is 64.4 Å². The Bertz CT molecular complexity index is 380. The van der Waals surface area contributed by atoms with Crippen molar-refractivity contribution in [2.24, 2.45) is 0 Å². The Kier molecular flexibility index (Phi) is 5.61. The third-order valence-corrected chi connectivity index (χ3v) is 2.28. The van der Waals surface area contributed by atoms with Crippen molar-refractivity contribution in [3.63, 3.8) is 0 Å². The molecule has 0 aliphatic rings. The van der Waals surface area contributed by atoms with Gasteiger partial charge in [-0.2, -0.15) is 8.42 Å². The number of benzene rings is 1. The fraction of sp³-hybridized carbons (Fsp3) is 0. The van der Waals surface area contributed by atoms with Crippen molar-refractivity contribution in [3.05, 3.63) is 36.4 Å². The van der Waals surface area contributed by atoms with Crippen molar-refractivity contribution in [3.8, 4) is 0 Å². The van der Waals surface area contributed by atoms with E-state index in [1.165, 1.54) is 12.1 Å². The molecule has 0 spiro atoms. The predicted molar refractivity (Wildman–Crippen MR) is 53.5 cm³/mol. The van der Waals surface area contributed by atoms with Crippen LogP contribution < -0.4 is 0 Å². The summed E-state index contributed by atoms with van der Waals surface area (Å²) in [5.41, 5.74) is 0.808. The zero-order chi connectivity index (χ0) is 9.19. The van der Waals surface area contributed by atoms with E-state index in [-0.39, 0.29) is 56.3 Å². The summed E-state index contributed by atoms with van der Waals surface area (Å²) in [5, 5.41) is 0. The average Bonchev–Trinajstić information content (AvgIpc) is 2.03. The van der Waals surface area contributed by atoms with E-state index in [9.17, 15) is 8.42 Å². The topological polar surface area (TPSA) is 54.4 Å². The molecule has 1 aromatic carbocycles. The van der Waals surface area contributed by atoms with Gasteiger partial charge in [0, 0.05) is 0 Å². The molecular weight excluding hydrogens is 215 g/mol. The van der Waals surface area contributed by atoms with Crippen LogP contribution in [0.5, 0.6) is 0 Å². The zero-order valence-electron chi connectivity index (χ0n) is 6.27. The molecule has 0 amide bonds. The van der Waals surface area contributed by atoms with Crippen molar-refractivity contribution in [2.45, 2.75) is 4.90 Å². The van der Waals surface area contributed by atoms with Crippen molar-refractivity contribution < 1.29 is 13.0 Å². The van der Waals surface area contributed by atoms with E-state index in [1.807, 2.05) is 0 Å². The second kappa shape index (κ2) is 5.40. The molecule has 0 radical (unpaired) electrons. The third-order valence-electron chi connectivity index (χ3n) is 1.41. The van der Waals surface area contributed by atoms with Crippen LogP contribution in [-0.2, 0) is 10.1 Å². The van der Waals surface area contributed by atoms with Crippen LogP contribution in [0.1, 0.15) is 5.56 Å². The second-order valence-corrected chi connectivity index (χ2v) is 3.67. The van der Waals surface area contributed by atoms with Crippen LogP contribution >= 0.6 is 0 Å². The Hall–Kier alpha value is 0.506. The summed E-state index contributed by atoms with van der Waals surface area (Å²) in [6.45, 7) is 3.51. The van der Waals surface area contributed by atoms with E-state index >= 15 is 0 Å². The van der Waals surface area contributed by atoms with Crippen LogP contribution in [0.15, 0.2) is 35.7 Å². The van der Waals surface area contributed by atoms with Crippen molar-refractivity contribution >= 4 is 67.6 Å². The van der Waals surface area contributed by atoms with E-state index in [2.05, 4.69) is 6.58 Å². The monoisotopic (exact) mass is 224 g/mol. The summed E-state index contributed by atoms with van der Waals surface area (Å²) in [5.74, 6) is 0. The molecule has 66 valence electrons. The molecule has 0 aliphatic heterocycles. The molecule has 0 saturated heterocycles. The Labute approximate surface area is 120 Å². The molecule has 0 fully saturated rings. The normalized spacial score (nSPS) is 10.2. The summed E-state index contributed by atoms with van der Waals surface area (Å²) in [6.07, 6.45) is 1.59. The summed E-state index contributed by atoms with van der Waals surface area (Å²) >= 11 is 0. The first-order valence-corrected chi connectivity index (χ1v) is 4.68. The van der Waals surface area contributed by atoms with Gasteiger partial charge in [0.1, 0.15) is 0 Å². The Morgan fingerprint density at radius 2 is 1.69 bits per heavy atom. The van der Waals surface area contributed by atoms with Gasteiger partial charge in [-0.1, -0.05) is 24.8 Å². The average molecular weight is 224 g/mol. The second-order valence-electron chi connectivity index (χ2n) is 2.25. The third kappa shape index (κ3) is 4.03. The fourth-order valence-corrected chi connectivity index (χ4v) is 1.26. The maximum absolute atomic E-state index is 10.6. The standard InChI is InChI=1S/C8H8O3S.K.H/c1-2-7-3-5-8(6-4-7)12(9,10)11;;/h2-6H,1H2,(H,9,10,11);;. The van der Waals surface area contributed by atoms with Gasteiger partial charge in [0.15, 0.2) is 0 Å². The molecule has 0 unspecified atom stereocenters. The minimum atomic E-state index is -4.06. The molecular formula is C8H9KO3S. The molecule has 1 aromatic rings. The first-order chi connectivity index (χ1) is 5.54. The summed E-state index contributed by atoms with van der Waals surface area (Å²) in [4.78, 5) is -0.104. The van der Waals surface area contributed by atoms with Crippen LogP contribution in [0.25, 0.3) is 6.08 Å². The fourth-order valence-electron chi connectivity index (χ4n) is 0.776. The maximum atomic E-state index is 10.6. The molecule has 5 heteroatoms. The molecule has 0 aromatic heterocycles. The molecule has 0 aliphatic carbocycles. The molecule has 1 rings (SSSR count). The summed E-state index contributed by atoms with van der Waals surface area (Å²) in [6, 6.07) is 5.78. The Morgan fingerprint density at radius 1 is 1.23 bits per heavy atom. The quantitative estimate of drug-likeness (QED) is 0.600. The number of hydrogen-bond donors (Lipinski definition) is 1. The molecule has 0 bridgehead atoms. The van der Waals surface area contributed by atoms with Gasteiger partial charge in [0.05, 0.1) is 4.90 Å². The SMILES string of the molecule is C=Cc1ccc(S(=O)(=O)O)cc1.[KH]. The van der Waals surface area contributed by atoms with Gasteiger partial charge in [-0.15, -0.1) is 0 Å². The van der Waals surface area contributed by atoms with Gasteiger partial charge in [0.25, 0.3) is 10.1 Å². The van der Waals surface area contributed by atoms with E-state index in [1.54, 1.807) is 18.2 Å². The predicted octanol–water partition coefficient (Wildman–Crippen LogP) is 0.928. The van der Waals surface area contributed by atoms with Gasteiger partial charge in [0.2, 0.25) is 0 Å². The summed E-state index contributed by atoms with van der Waals surface area (Å²) in [7, 11) is -4.06. The van der Waals surface area contributed by atoms with Gasteiger partial charge in [-0.3, -0.25) is 4.55 Å². The van der Waals surface area contributed by atoms with Gasteiger partial charge in [-0.25, -0.2) is 0 Å². The Morgan fingerprint density at radius 3 is 2.00 bits per heavy atom. The van der Waals surface area contributed by atoms with Crippen LogP contribution in [0, 0.1) is 0 Å². The van der Waals surface area contributed by atoms with Gasteiger partial charge >= 0.3 is 51.4 Å². The van der Waals surface area contributed by atoms with Crippen LogP contribution in [0.4, 0.5) is 0 Å². The molecule has 1 N–H and O–H groups in total. The first-order valence-electron chi connectivity index (χ1n) is 3.24. The van der Waals surface area contributed by atoms with Gasteiger partial charge < -0.3 is 0 Å². The van der Waals surface area contributed by atoms with E-state index in [0.29, 0.717) is 0 Å². The minimum absolute atomic E-state index is 0. The van der Waals surface area contributed by atoms with Crippen molar-refractivity contribution in [1.82, 2.24) is 0 Å². The molecule has 0 atom stereocenters. The first kappa shape index (κ1) is 13.5. The van der Waals surface area contributed by atoms with Crippen molar-refractivity contribution in [1.29, 1.82) is 0 Å². The molecule has 13 heavy (non-hydrogen) atoms. The van der Waals surface area contributed by atoms with Crippen LogP contribution in [0.2, 0.25) is 0 Å². The van der Waals surface area contributed by atoms with Crippen LogP contribution in [0.3, 0.4) is 0 Å². The van der Waals surface area contributed by atoms with Gasteiger partial charge in [-0.05, 0) is 17.7 Å². The number of rotatable bonds is 2. The summed E-state index contributed by atoms with van der Waals surface area (Å²) < 4.78 is 29.7. The molecule has 0 heterocycles. The molecule has 3 nitrogen and oxygen atoms in total. The van der Waals surface area contributed by atoms with E-state index < -0.39 is 10.1 Å². The van der Waals surface area contributed by atoms with Crippen molar-refractivity contribution in [2.75, 3.05) is 0 Å².